The highest BCUT2D eigenvalue weighted by Gasteiger charge is 2.22. The maximum atomic E-state index is 12.7. The molecule has 2 aromatic carbocycles. The van der Waals surface area contributed by atoms with Crippen LogP contribution in [0.25, 0.3) is 10.9 Å². The Labute approximate surface area is 155 Å². The summed E-state index contributed by atoms with van der Waals surface area (Å²) in [6, 6.07) is 12.8. The van der Waals surface area contributed by atoms with Crippen molar-refractivity contribution in [2.75, 3.05) is 10.6 Å². The normalized spacial score (nSPS) is 11.8. The Morgan fingerprint density at radius 1 is 1.04 bits per heavy atom. The molecule has 0 spiro atoms. The second-order valence-electron chi connectivity index (χ2n) is 6.03. The molecule has 3 aromatic rings. The topological polar surface area (TPSA) is 106 Å². The number of aromatic nitrogens is 3. The van der Waals surface area contributed by atoms with E-state index in [1.54, 1.807) is 55.5 Å². The molecule has 138 valence electrons. The largest absolute Gasteiger partial charge is 0.326 e. The van der Waals surface area contributed by atoms with Gasteiger partial charge in [-0.15, -0.1) is 5.10 Å². The average Bonchev–Trinajstić information content (AvgIpc) is 2.65. The SMILES string of the molecule is CC[C@@H](C(=O)Nc1ccc(NC(C)=O)cc1)n1nnc2ccccc2c1=O. The van der Waals surface area contributed by atoms with Crippen LogP contribution >= 0.6 is 0 Å². The minimum Gasteiger partial charge on any atom is -0.326 e. The third kappa shape index (κ3) is 4.00. The van der Waals surface area contributed by atoms with Crippen LogP contribution in [0.4, 0.5) is 11.4 Å². The Bertz CT molecular complexity index is 1040. The van der Waals surface area contributed by atoms with Crippen molar-refractivity contribution < 1.29 is 9.59 Å². The van der Waals surface area contributed by atoms with Crippen LogP contribution in [0.5, 0.6) is 0 Å². The number of amides is 2. The molecule has 0 aliphatic rings. The third-order valence-corrected chi connectivity index (χ3v) is 4.05. The van der Waals surface area contributed by atoms with Crippen molar-refractivity contribution in [3.63, 3.8) is 0 Å². The van der Waals surface area contributed by atoms with Crippen LogP contribution < -0.4 is 16.2 Å². The van der Waals surface area contributed by atoms with Gasteiger partial charge in [-0.3, -0.25) is 14.4 Å². The molecule has 1 heterocycles. The van der Waals surface area contributed by atoms with Crippen LogP contribution in [-0.4, -0.2) is 26.8 Å². The van der Waals surface area contributed by atoms with E-state index < -0.39 is 6.04 Å². The molecule has 27 heavy (non-hydrogen) atoms. The predicted octanol–water partition coefficient (Wildman–Crippen LogP) is 2.34. The first-order chi connectivity index (χ1) is 13.0. The van der Waals surface area contributed by atoms with Crippen LogP contribution in [0.1, 0.15) is 26.3 Å². The number of rotatable bonds is 5. The number of anilines is 2. The summed E-state index contributed by atoms with van der Waals surface area (Å²) < 4.78 is 1.11. The van der Waals surface area contributed by atoms with Crippen molar-refractivity contribution in [1.82, 2.24) is 15.0 Å². The molecule has 0 aliphatic heterocycles. The molecular formula is C19H19N5O3. The molecule has 3 rings (SSSR count). The average molecular weight is 365 g/mol. The van der Waals surface area contributed by atoms with E-state index in [1.807, 2.05) is 0 Å². The van der Waals surface area contributed by atoms with Crippen LogP contribution in [0.3, 0.4) is 0 Å². The summed E-state index contributed by atoms with van der Waals surface area (Å²) in [6.07, 6.45) is 0.378. The molecule has 0 saturated heterocycles. The van der Waals surface area contributed by atoms with Gasteiger partial charge in [-0.1, -0.05) is 24.3 Å². The van der Waals surface area contributed by atoms with Gasteiger partial charge in [0.2, 0.25) is 11.8 Å². The van der Waals surface area contributed by atoms with E-state index in [0.29, 0.717) is 28.7 Å². The van der Waals surface area contributed by atoms with Crippen LogP contribution in [0, 0.1) is 0 Å². The van der Waals surface area contributed by atoms with E-state index in [4.69, 9.17) is 0 Å². The van der Waals surface area contributed by atoms with Gasteiger partial charge in [-0.25, -0.2) is 0 Å². The van der Waals surface area contributed by atoms with Gasteiger partial charge in [0, 0.05) is 18.3 Å². The van der Waals surface area contributed by atoms with Crippen molar-refractivity contribution >= 4 is 34.1 Å². The third-order valence-electron chi connectivity index (χ3n) is 4.05. The van der Waals surface area contributed by atoms with E-state index in [0.717, 1.165) is 4.68 Å². The first-order valence-electron chi connectivity index (χ1n) is 8.52. The Morgan fingerprint density at radius 2 is 1.67 bits per heavy atom. The lowest BCUT2D eigenvalue weighted by Crippen LogP contribution is -2.35. The predicted molar refractivity (Wildman–Crippen MR) is 103 cm³/mol. The van der Waals surface area contributed by atoms with Gasteiger partial charge in [-0.2, -0.15) is 4.68 Å². The van der Waals surface area contributed by atoms with Crippen molar-refractivity contribution in [1.29, 1.82) is 0 Å². The van der Waals surface area contributed by atoms with Gasteiger partial charge in [-0.05, 0) is 42.8 Å². The minimum atomic E-state index is -0.787. The van der Waals surface area contributed by atoms with Gasteiger partial charge in [0.25, 0.3) is 5.56 Å². The fourth-order valence-corrected chi connectivity index (χ4v) is 2.74. The van der Waals surface area contributed by atoms with Crippen LogP contribution in [0.2, 0.25) is 0 Å². The molecule has 1 aromatic heterocycles. The number of nitrogens with zero attached hydrogens (tertiary/aromatic N) is 3. The molecule has 0 saturated carbocycles. The molecule has 0 unspecified atom stereocenters. The Morgan fingerprint density at radius 3 is 2.30 bits per heavy atom. The molecule has 0 bridgehead atoms. The second kappa shape index (κ2) is 7.77. The van der Waals surface area contributed by atoms with Crippen molar-refractivity contribution in [3.05, 3.63) is 58.9 Å². The summed E-state index contributed by atoms with van der Waals surface area (Å²) in [5.41, 5.74) is 1.31. The summed E-state index contributed by atoms with van der Waals surface area (Å²) in [7, 11) is 0. The van der Waals surface area contributed by atoms with Crippen molar-refractivity contribution in [3.8, 4) is 0 Å². The fourth-order valence-electron chi connectivity index (χ4n) is 2.74. The maximum Gasteiger partial charge on any atom is 0.278 e. The van der Waals surface area contributed by atoms with Crippen molar-refractivity contribution in [2.45, 2.75) is 26.3 Å². The molecule has 2 amide bonds. The highest BCUT2D eigenvalue weighted by molar-refractivity contribution is 5.94. The summed E-state index contributed by atoms with van der Waals surface area (Å²) in [5, 5.41) is 13.8. The van der Waals surface area contributed by atoms with Gasteiger partial charge in [0.15, 0.2) is 0 Å². The number of hydrogen-bond donors (Lipinski definition) is 2. The number of nitrogens with one attached hydrogen (secondary N) is 2. The molecular weight excluding hydrogens is 346 g/mol. The Hall–Kier alpha value is -3.55. The van der Waals surface area contributed by atoms with E-state index in [-0.39, 0.29) is 17.4 Å². The van der Waals surface area contributed by atoms with E-state index >= 15 is 0 Å². The lowest BCUT2D eigenvalue weighted by atomic mass is 10.2. The monoisotopic (exact) mass is 365 g/mol. The van der Waals surface area contributed by atoms with E-state index in [2.05, 4.69) is 20.9 Å². The molecule has 0 aliphatic carbocycles. The summed E-state index contributed by atoms with van der Waals surface area (Å²) in [5.74, 6) is -0.538. The number of fused-ring (bicyclic) bond motifs is 1. The highest BCUT2D eigenvalue weighted by Crippen LogP contribution is 2.17. The van der Waals surface area contributed by atoms with Gasteiger partial charge < -0.3 is 10.6 Å². The zero-order valence-corrected chi connectivity index (χ0v) is 15.0. The highest BCUT2D eigenvalue weighted by atomic mass is 16.2. The molecule has 0 radical (unpaired) electrons. The second-order valence-corrected chi connectivity index (χ2v) is 6.03. The number of hydrogen-bond acceptors (Lipinski definition) is 5. The number of carbonyl (C=O) groups excluding carboxylic acids is 2. The van der Waals surface area contributed by atoms with Gasteiger partial charge >= 0.3 is 0 Å². The van der Waals surface area contributed by atoms with Crippen LogP contribution in [0.15, 0.2) is 53.3 Å². The minimum absolute atomic E-state index is 0.174. The quantitative estimate of drug-likeness (QED) is 0.722. The summed E-state index contributed by atoms with van der Waals surface area (Å²) in [4.78, 5) is 36.4. The first kappa shape index (κ1) is 18.2. The summed E-state index contributed by atoms with van der Waals surface area (Å²) >= 11 is 0. The molecule has 8 nitrogen and oxygen atoms in total. The standard InChI is InChI=1S/C19H19N5O3/c1-3-17(24-19(27)15-6-4-5-7-16(15)22-23-24)18(26)21-14-10-8-13(9-11-14)20-12(2)25/h4-11,17H,3H2,1-2H3,(H,20,25)(H,21,26)/t17-/m0/s1. The Kier molecular flexibility index (Phi) is 5.25. The number of benzene rings is 2. The van der Waals surface area contributed by atoms with Crippen LogP contribution in [-0.2, 0) is 9.59 Å². The smallest absolute Gasteiger partial charge is 0.278 e. The zero-order valence-electron chi connectivity index (χ0n) is 15.0. The van der Waals surface area contributed by atoms with E-state index in [9.17, 15) is 14.4 Å². The lowest BCUT2D eigenvalue weighted by Gasteiger charge is -2.16. The van der Waals surface area contributed by atoms with Crippen molar-refractivity contribution in [2.24, 2.45) is 0 Å². The van der Waals surface area contributed by atoms with Gasteiger partial charge in [0.1, 0.15) is 11.6 Å². The number of carbonyl (C=O) groups is 2. The van der Waals surface area contributed by atoms with E-state index in [1.165, 1.54) is 6.92 Å². The fraction of sp³-hybridized carbons (Fsp3) is 0.211. The molecule has 1 atom stereocenters. The Balaban J connectivity index is 1.83. The zero-order chi connectivity index (χ0) is 19.4. The summed E-state index contributed by atoms with van der Waals surface area (Å²) in [6.45, 7) is 3.22. The molecule has 8 heteroatoms. The lowest BCUT2D eigenvalue weighted by molar-refractivity contribution is -0.119. The van der Waals surface area contributed by atoms with Gasteiger partial charge in [0.05, 0.1) is 5.39 Å². The molecule has 2 N–H and O–H groups in total. The molecule has 0 fully saturated rings. The first-order valence-corrected chi connectivity index (χ1v) is 8.52. The maximum absolute atomic E-state index is 12.7.